The van der Waals surface area contributed by atoms with Crippen LogP contribution in [-0.4, -0.2) is 27.4 Å². The van der Waals surface area contributed by atoms with Crippen LogP contribution >= 0.6 is 0 Å². The maximum absolute atomic E-state index is 12.4. The van der Waals surface area contributed by atoms with Gasteiger partial charge in [-0.15, -0.1) is 0 Å². The van der Waals surface area contributed by atoms with Crippen LogP contribution in [0.5, 0.6) is 11.5 Å². The average molecular weight is 423 g/mol. The van der Waals surface area contributed by atoms with Gasteiger partial charge in [0, 0.05) is 34.6 Å². The van der Waals surface area contributed by atoms with E-state index in [0.29, 0.717) is 35.9 Å². The fourth-order valence-electron chi connectivity index (χ4n) is 3.60. The molecule has 1 aliphatic rings. The summed E-state index contributed by atoms with van der Waals surface area (Å²) in [5.74, 6) is 2.03. The number of nitrogens with zero attached hydrogens (tertiary/aromatic N) is 4. The molecule has 0 bridgehead atoms. The monoisotopic (exact) mass is 423 g/mol. The van der Waals surface area contributed by atoms with E-state index < -0.39 is 0 Å². The first-order chi connectivity index (χ1) is 15.6. The summed E-state index contributed by atoms with van der Waals surface area (Å²) in [4.78, 5) is 27.1. The second-order valence-electron chi connectivity index (χ2n) is 7.62. The molecule has 0 saturated carbocycles. The lowest BCUT2D eigenvalue weighted by Crippen LogP contribution is -2.24. The SMILES string of the molecule is C=C1CCN(c2ccc3ncnc(Nc4ccc(Oc5ccc(C)nc5)cc4)c3c2)C1=O. The first-order valence-electron chi connectivity index (χ1n) is 10.3. The Labute approximate surface area is 185 Å². The van der Waals surface area contributed by atoms with Crippen molar-refractivity contribution >= 4 is 34.0 Å². The van der Waals surface area contributed by atoms with Gasteiger partial charge in [-0.25, -0.2) is 9.97 Å². The molecule has 2 aromatic carbocycles. The van der Waals surface area contributed by atoms with E-state index in [1.165, 1.54) is 6.33 Å². The summed E-state index contributed by atoms with van der Waals surface area (Å²) in [6.07, 6.45) is 3.90. The molecule has 0 atom stereocenters. The van der Waals surface area contributed by atoms with Gasteiger partial charge in [-0.05, 0) is 67.9 Å². The molecule has 2 aromatic heterocycles. The third-order valence-electron chi connectivity index (χ3n) is 5.35. The van der Waals surface area contributed by atoms with Crippen molar-refractivity contribution in [2.45, 2.75) is 13.3 Å². The van der Waals surface area contributed by atoms with Crippen LogP contribution in [0.2, 0.25) is 0 Å². The summed E-state index contributed by atoms with van der Waals surface area (Å²) >= 11 is 0. The highest BCUT2D eigenvalue weighted by atomic mass is 16.5. The van der Waals surface area contributed by atoms with Crippen molar-refractivity contribution in [2.24, 2.45) is 0 Å². The minimum absolute atomic E-state index is 0.0323. The second-order valence-corrected chi connectivity index (χ2v) is 7.62. The first-order valence-corrected chi connectivity index (χ1v) is 10.3. The van der Waals surface area contributed by atoms with E-state index in [-0.39, 0.29) is 5.91 Å². The fraction of sp³-hybridized carbons (Fsp3) is 0.120. The van der Waals surface area contributed by atoms with Crippen molar-refractivity contribution in [1.82, 2.24) is 15.0 Å². The molecule has 1 N–H and O–H groups in total. The molecule has 0 radical (unpaired) electrons. The number of amides is 1. The molecule has 158 valence electrons. The Morgan fingerprint density at radius 3 is 2.53 bits per heavy atom. The number of hydrogen-bond donors (Lipinski definition) is 1. The van der Waals surface area contributed by atoms with Gasteiger partial charge in [0.15, 0.2) is 0 Å². The standard InChI is InChI=1S/C25H21N5O2/c1-16-11-12-30(25(16)31)19-6-10-23-22(13-19)24(28-15-27-23)29-18-4-8-20(9-5-18)32-21-7-3-17(2)26-14-21/h3-10,13-15H,1,11-12H2,2H3,(H,27,28,29). The van der Waals surface area contributed by atoms with Gasteiger partial charge < -0.3 is 15.0 Å². The molecule has 1 aliphatic heterocycles. The Morgan fingerprint density at radius 1 is 1.00 bits per heavy atom. The second kappa shape index (κ2) is 8.11. The van der Waals surface area contributed by atoms with Crippen molar-refractivity contribution in [3.05, 3.63) is 85.0 Å². The fourth-order valence-corrected chi connectivity index (χ4v) is 3.60. The van der Waals surface area contributed by atoms with Crippen LogP contribution in [0.15, 0.2) is 79.3 Å². The molecule has 0 spiro atoms. The summed E-state index contributed by atoms with van der Waals surface area (Å²) in [7, 11) is 0. The third kappa shape index (κ3) is 3.88. The van der Waals surface area contributed by atoms with Gasteiger partial charge in [0.05, 0.1) is 11.7 Å². The lowest BCUT2D eigenvalue weighted by molar-refractivity contribution is -0.114. The largest absolute Gasteiger partial charge is 0.456 e. The topological polar surface area (TPSA) is 80.2 Å². The number of carbonyl (C=O) groups is 1. The van der Waals surface area contributed by atoms with E-state index in [4.69, 9.17) is 4.74 Å². The van der Waals surface area contributed by atoms with E-state index >= 15 is 0 Å². The molecule has 1 saturated heterocycles. The Morgan fingerprint density at radius 2 is 1.81 bits per heavy atom. The zero-order chi connectivity index (χ0) is 22.1. The molecule has 4 aromatic rings. The van der Waals surface area contributed by atoms with Gasteiger partial charge in [0.2, 0.25) is 0 Å². The highest BCUT2D eigenvalue weighted by molar-refractivity contribution is 6.08. The highest BCUT2D eigenvalue weighted by Crippen LogP contribution is 2.31. The number of carbonyl (C=O) groups excluding carboxylic acids is 1. The number of hydrogen-bond acceptors (Lipinski definition) is 6. The van der Waals surface area contributed by atoms with Crippen LogP contribution in [0.3, 0.4) is 0 Å². The summed E-state index contributed by atoms with van der Waals surface area (Å²) in [5, 5.41) is 4.18. The predicted molar refractivity (Wildman–Crippen MR) is 124 cm³/mol. The number of aromatic nitrogens is 3. The van der Waals surface area contributed by atoms with E-state index in [1.54, 1.807) is 11.1 Å². The Bertz CT molecular complexity index is 1320. The maximum atomic E-state index is 12.4. The molecule has 1 fully saturated rings. The quantitative estimate of drug-likeness (QED) is 0.447. The van der Waals surface area contributed by atoms with Crippen LogP contribution < -0.4 is 15.0 Å². The number of ether oxygens (including phenoxy) is 1. The normalized spacial score (nSPS) is 13.6. The third-order valence-corrected chi connectivity index (χ3v) is 5.35. The first kappa shape index (κ1) is 19.7. The minimum Gasteiger partial charge on any atom is -0.456 e. The van der Waals surface area contributed by atoms with Crippen molar-refractivity contribution in [3.8, 4) is 11.5 Å². The summed E-state index contributed by atoms with van der Waals surface area (Å²) in [6, 6.07) is 17.1. The van der Waals surface area contributed by atoms with E-state index in [2.05, 4.69) is 26.8 Å². The average Bonchev–Trinajstić information content (AvgIpc) is 3.15. The summed E-state index contributed by atoms with van der Waals surface area (Å²) in [5.41, 5.74) is 4.04. The molecule has 1 amide bonds. The molecule has 0 aliphatic carbocycles. The Hall–Kier alpha value is -4.26. The molecule has 5 rings (SSSR count). The number of benzene rings is 2. The van der Waals surface area contributed by atoms with Crippen LogP contribution in [0.1, 0.15) is 12.1 Å². The molecular weight excluding hydrogens is 402 g/mol. The molecule has 3 heterocycles. The van der Waals surface area contributed by atoms with Crippen LogP contribution in [-0.2, 0) is 4.79 Å². The number of fused-ring (bicyclic) bond motifs is 1. The predicted octanol–water partition coefficient (Wildman–Crippen LogP) is 5.16. The summed E-state index contributed by atoms with van der Waals surface area (Å²) < 4.78 is 5.84. The molecule has 7 heteroatoms. The Kier molecular flexibility index (Phi) is 4.99. The van der Waals surface area contributed by atoms with Gasteiger partial charge in [0.25, 0.3) is 5.91 Å². The zero-order valence-corrected chi connectivity index (χ0v) is 17.6. The number of pyridine rings is 1. The number of nitrogens with one attached hydrogen (secondary N) is 1. The van der Waals surface area contributed by atoms with Gasteiger partial charge in [0.1, 0.15) is 23.6 Å². The number of aryl methyl sites for hydroxylation is 1. The number of anilines is 3. The highest BCUT2D eigenvalue weighted by Gasteiger charge is 2.25. The van der Waals surface area contributed by atoms with Crippen LogP contribution in [0.25, 0.3) is 10.9 Å². The van der Waals surface area contributed by atoms with Crippen molar-refractivity contribution in [3.63, 3.8) is 0 Å². The van der Waals surface area contributed by atoms with Gasteiger partial charge in [-0.1, -0.05) is 6.58 Å². The van der Waals surface area contributed by atoms with Crippen LogP contribution in [0, 0.1) is 6.92 Å². The van der Waals surface area contributed by atoms with Crippen LogP contribution in [0.4, 0.5) is 17.2 Å². The van der Waals surface area contributed by atoms with E-state index in [0.717, 1.165) is 28.0 Å². The van der Waals surface area contributed by atoms with Crippen molar-refractivity contribution in [1.29, 1.82) is 0 Å². The smallest absolute Gasteiger partial charge is 0.253 e. The lowest BCUT2D eigenvalue weighted by atomic mass is 10.2. The van der Waals surface area contributed by atoms with Gasteiger partial charge in [-0.3, -0.25) is 9.78 Å². The van der Waals surface area contributed by atoms with E-state index in [9.17, 15) is 4.79 Å². The Balaban J connectivity index is 1.38. The zero-order valence-electron chi connectivity index (χ0n) is 17.6. The number of rotatable bonds is 5. The van der Waals surface area contributed by atoms with Crippen molar-refractivity contribution < 1.29 is 9.53 Å². The molecular formula is C25H21N5O2. The molecule has 0 unspecified atom stereocenters. The molecule has 32 heavy (non-hydrogen) atoms. The van der Waals surface area contributed by atoms with Crippen molar-refractivity contribution in [2.75, 3.05) is 16.8 Å². The molecule has 7 nitrogen and oxygen atoms in total. The van der Waals surface area contributed by atoms with Gasteiger partial charge in [-0.2, -0.15) is 0 Å². The van der Waals surface area contributed by atoms with E-state index in [1.807, 2.05) is 61.5 Å². The minimum atomic E-state index is -0.0323. The maximum Gasteiger partial charge on any atom is 0.253 e. The summed E-state index contributed by atoms with van der Waals surface area (Å²) in [6.45, 7) is 6.41. The van der Waals surface area contributed by atoms with Gasteiger partial charge >= 0.3 is 0 Å². The lowest BCUT2D eigenvalue weighted by Gasteiger charge is -2.17.